The van der Waals surface area contributed by atoms with E-state index in [9.17, 15) is 14.4 Å². The number of carbonyl (C=O) groups is 3. The summed E-state index contributed by atoms with van der Waals surface area (Å²) < 4.78 is 0. The van der Waals surface area contributed by atoms with E-state index in [0.29, 0.717) is 22.0 Å². The first kappa shape index (κ1) is 18.2. The molecule has 2 rings (SSSR count). The summed E-state index contributed by atoms with van der Waals surface area (Å²) in [6.07, 6.45) is 1.62. The first-order valence-corrected chi connectivity index (χ1v) is 7.62. The Kier molecular flexibility index (Phi) is 5.92. The number of carboxylic acid groups (broad SMARTS) is 1. The lowest BCUT2D eigenvalue weighted by Crippen LogP contribution is -2.14. The molecule has 0 heterocycles. The zero-order chi connectivity index (χ0) is 18.4. The maximum absolute atomic E-state index is 12.4. The lowest BCUT2D eigenvalue weighted by atomic mass is 10.1. The van der Waals surface area contributed by atoms with E-state index in [2.05, 4.69) is 10.6 Å². The first-order valence-electron chi connectivity index (χ1n) is 7.25. The lowest BCUT2D eigenvalue weighted by molar-refractivity contribution is -0.131. The highest BCUT2D eigenvalue weighted by atomic mass is 35.5. The number of nitrogens with one attached hydrogen (secondary N) is 2. The molecule has 0 aromatic heterocycles. The van der Waals surface area contributed by atoms with Crippen molar-refractivity contribution in [3.63, 3.8) is 0 Å². The highest BCUT2D eigenvalue weighted by Gasteiger charge is 2.09. The number of carbonyl (C=O) groups excluding carboxylic acids is 2. The topological polar surface area (TPSA) is 95.5 Å². The van der Waals surface area contributed by atoms with Gasteiger partial charge in [-0.1, -0.05) is 23.7 Å². The number of benzene rings is 2. The highest BCUT2D eigenvalue weighted by molar-refractivity contribution is 6.31. The second kappa shape index (κ2) is 8.12. The Labute approximate surface area is 149 Å². The van der Waals surface area contributed by atoms with E-state index in [1.54, 1.807) is 36.4 Å². The number of halogens is 1. The fourth-order valence-electron chi connectivity index (χ4n) is 1.99. The van der Waals surface area contributed by atoms with Crippen molar-refractivity contribution in [1.82, 2.24) is 0 Å². The fraction of sp³-hybridized carbons (Fsp3) is 0.0556. The minimum atomic E-state index is -1.22. The van der Waals surface area contributed by atoms with Crippen molar-refractivity contribution < 1.29 is 19.5 Å². The van der Waals surface area contributed by atoms with Crippen LogP contribution in [-0.2, 0) is 9.59 Å². The fourth-order valence-corrected chi connectivity index (χ4v) is 2.16. The number of hydrogen-bond acceptors (Lipinski definition) is 3. The van der Waals surface area contributed by atoms with Gasteiger partial charge in [0.15, 0.2) is 0 Å². The summed E-state index contributed by atoms with van der Waals surface area (Å²) in [5, 5.41) is 14.3. The predicted octanol–water partition coefficient (Wildman–Crippen LogP) is 3.48. The molecule has 0 bridgehead atoms. The van der Waals surface area contributed by atoms with E-state index in [0.717, 1.165) is 17.7 Å². The molecule has 0 saturated heterocycles. The number of carboxylic acids is 1. The van der Waals surface area contributed by atoms with Crippen LogP contribution in [0.4, 0.5) is 11.4 Å². The van der Waals surface area contributed by atoms with Gasteiger partial charge in [0, 0.05) is 34.1 Å². The summed E-state index contributed by atoms with van der Waals surface area (Å²) >= 11 is 5.93. The van der Waals surface area contributed by atoms with E-state index < -0.39 is 11.9 Å². The quantitative estimate of drug-likeness (QED) is 0.713. The van der Waals surface area contributed by atoms with Gasteiger partial charge >= 0.3 is 5.97 Å². The van der Waals surface area contributed by atoms with Crippen molar-refractivity contribution >= 4 is 40.8 Å². The van der Waals surface area contributed by atoms with Gasteiger partial charge in [0.1, 0.15) is 0 Å². The predicted molar refractivity (Wildman–Crippen MR) is 96.0 cm³/mol. The molecule has 0 saturated carbocycles. The third-order valence-corrected chi connectivity index (χ3v) is 3.45. The van der Waals surface area contributed by atoms with E-state index in [-0.39, 0.29) is 5.91 Å². The minimum absolute atomic E-state index is 0.333. The normalized spacial score (nSPS) is 10.5. The summed E-state index contributed by atoms with van der Waals surface area (Å²) in [4.78, 5) is 34.4. The molecule has 0 aliphatic carbocycles. The van der Waals surface area contributed by atoms with E-state index in [1.807, 2.05) is 6.92 Å². The van der Waals surface area contributed by atoms with Crippen LogP contribution in [0.3, 0.4) is 0 Å². The van der Waals surface area contributed by atoms with Gasteiger partial charge in [0.2, 0.25) is 5.91 Å². The smallest absolute Gasteiger partial charge is 0.328 e. The number of hydrogen-bond donors (Lipinski definition) is 3. The maximum Gasteiger partial charge on any atom is 0.328 e. The molecular weight excluding hydrogens is 344 g/mol. The second-order valence-electron chi connectivity index (χ2n) is 5.15. The molecule has 25 heavy (non-hydrogen) atoms. The molecular formula is C18H15ClN2O4. The van der Waals surface area contributed by atoms with Crippen molar-refractivity contribution in [2.75, 3.05) is 10.6 Å². The Hall–Kier alpha value is -3.12. The molecule has 2 aromatic rings. The van der Waals surface area contributed by atoms with Gasteiger partial charge in [0.25, 0.3) is 5.91 Å². The molecule has 128 valence electrons. The summed E-state index contributed by atoms with van der Waals surface area (Å²) in [7, 11) is 0. The molecule has 6 nitrogen and oxygen atoms in total. The average Bonchev–Trinajstić information content (AvgIpc) is 2.56. The van der Waals surface area contributed by atoms with Crippen LogP contribution < -0.4 is 10.6 Å². The lowest BCUT2D eigenvalue weighted by Gasteiger charge is -2.10. The summed E-state index contributed by atoms with van der Waals surface area (Å²) in [5.41, 5.74) is 2.16. The third-order valence-electron chi connectivity index (χ3n) is 3.22. The monoisotopic (exact) mass is 358 g/mol. The summed E-state index contributed by atoms with van der Waals surface area (Å²) in [6.45, 7) is 1.84. The molecule has 0 aliphatic heterocycles. The second-order valence-corrected chi connectivity index (χ2v) is 5.59. The largest absolute Gasteiger partial charge is 0.478 e. The number of rotatable bonds is 5. The van der Waals surface area contributed by atoms with Crippen LogP contribution in [0, 0.1) is 6.92 Å². The Balaban J connectivity index is 2.12. The standard InChI is InChI=1S/C18H15ClN2O4/c1-11-5-6-13(19)10-15(11)21-18(25)12-3-2-4-14(9-12)20-16(22)7-8-17(23)24/h2-10H,1H3,(H,20,22)(H,21,25)(H,23,24)/b8-7-. The van der Waals surface area contributed by atoms with Gasteiger partial charge in [-0.2, -0.15) is 0 Å². The molecule has 7 heteroatoms. The molecule has 0 aliphatic rings. The number of amides is 2. The minimum Gasteiger partial charge on any atom is -0.478 e. The average molecular weight is 359 g/mol. The molecule has 3 N–H and O–H groups in total. The van der Waals surface area contributed by atoms with Gasteiger partial charge in [-0.15, -0.1) is 0 Å². The van der Waals surface area contributed by atoms with Crippen molar-refractivity contribution in [2.45, 2.75) is 6.92 Å². The Morgan fingerprint density at radius 1 is 1.04 bits per heavy atom. The summed E-state index contributed by atoms with van der Waals surface area (Å²) in [5.74, 6) is -2.19. The maximum atomic E-state index is 12.4. The number of aliphatic carboxylic acids is 1. The molecule has 0 spiro atoms. The Morgan fingerprint density at radius 2 is 1.80 bits per heavy atom. The van der Waals surface area contributed by atoms with Crippen LogP contribution in [0.5, 0.6) is 0 Å². The molecule has 2 aromatic carbocycles. The van der Waals surface area contributed by atoms with Crippen molar-refractivity contribution in [3.8, 4) is 0 Å². The van der Waals surface area contributed by atoms with Crippen molar-refractivity contribution in [2.24, 2.45) is 0 Å². The zero-order valence-electron chi connectivity index (χ0n) is 13.2. The number of anilines is 2. The van der Waals surface area contributed by atoms with Gasteiger partial charge in [-0.05, 0) is 42.8 Å². The Morgan fingerprint density at radius 3 is 2.52 bits per heavy atom. The van der Waals surface area contributed by atoms with Gasteiger partial charge in [-0.25, -0.2) is 4.79 Å². The summed E-state index contributed by atoms with van der Waals surface area (Å²) in [6, 6.07) is 11.5. The molecule has 0 radical (unpaired) electrons. The van der Waals surface area contributed by atoms with E-state index in [1.165, 1.54) is 6.07 Å². The van der Waals surface area contributed by atoms with Gasteiger partial charge in [0.05, 0.1) is 0 Å². The van der Waals surface area contributed by atoms with Crippen LogP contribution in [0.25, 0.3) is 0 Å². The van der Waals surface area contributed by atoms with Crippen LogP contribution >= 0.6 is 11.6 Å². The molecule has 0 atom stereocenters. The van der Waals surface area contributed by atoms with Crippen molar-refractivity contribution in [3.05, 3.63) is 70.8 Å². The van der Waals surface area contributed by atoms with Crippen molar-refractivity contribution in [1.29, 1.82) is 0 Å². The Bertz CT molecular complexity index is 862. The van der Waals surface area contributed by atoms with E-state index >= 15 is 0 Å². The van der Waals surface area contributed by atoms with Gasteiger partial charge < -0.3 is 15.7 Å². The van der Waals surface area contributed by atoms with Crippen LogP contribution in [0.1, 0.15) is 15.9 Å². The first-order chi connectivity index (χ1) is 11.8. The zero-order valence-corrected chi connectivity index (χ0v) is 14.0. The van der Waals surface area contributed by atoms with Crippen LogP contribution in [0.15, 0.2) is 54.6 Å². The van der Waals surface area contributed by atoms with Crippen LogP contribution in [0.2, 0.25) is 5.02 Å². The highest BCUT2D eigenvalue weighted by Crippen LogP contribution is 2.21. The number of aryl methyl sites for hydroxylation is 1. The van der Waals surface area contributed by atoms with E-state index in [4.69, 9.17) is 16.7 Å². The third kappa shape index (κ3) is 5.47. The van der Waals surface area contributed by atoms with Gasteiger partial charge in [-0.3, -0.25) is 9.59 Å². The van der Waals surface area contributed by atoms with Crippen LogP contribution in [-0.4, -0.2) is 22.9 Å². The SMILES string of the molecule is Cc1ccc(Cl)cc1NC(=O)c1cccc(NC(=O)/C=C\C(=O)O)c1. The molecule has 0 fully saturated rings. The molecule has 2 amide bonds. The molecule has 0 unspecified atom stereocenters.